The van der Waals surface area contributed by atoms with E-state index in [0.29, 0.717) is 11.5 Å². The van der Waals surface area contributed by atoms with Gasteiger partial charge in [0, 0.05) is 33.2 Å². The van der Waals surface area contributed by atoms with Crippen LogP contribution in [0.1, 0.15) is 5.69 Å². The van der Waals surface area contributed by atoms with Gasteiger partial charge in [-0.25, -0.2) is 14.5 Å². The maximum absolute atomic E-state index is 10.3. The van der Waals surface area contributed by atoms with E-state index in [0.717, 1.165) is 77.9 Å². The molecule has 51 heavy (non-hydrogen) atoms. The molecule has 0 fully saturated rings. The van der Waals surface area contributed by atoms with Crippen LogP contribution >= 0.6 is 0 Å². The molecule has 5 heteroatoms. The van der Waals surface area contributed by atoms with E-state index in [1.807, 2.05) is 102 Å². The molecule has 3 aromatic heterocycles. The zero-order valence-corrected chi connectivity index (χ0v) is 27.5. The molecule has 0 aliphatic carbocycles. The summed E-state index contributed by atoms with van der Waals surface area (Å²) in [6.45, 7) is 0. The minimum atomic E-state index is 0.398. The summed E-state index contributed by atoms with van der Waals surface area (Å²) in [5, 5.41) is 17.3. The molecule has 5 nitrogen and oxygen atoms in total. The van der Waals surface area contributed by atoms with E-state index in [1.54, 1.807) is 0 Å². The highest BCUT2D eigenvalue weighted by Gasteiger charge is 2.21. The quantitative estimate of drug-likeness (QED) is 0.179. The van der Waals surface area contributed by atoms with E-state index < -0.39 is 0 Å². The van der Waals surface area contributed by atoms with Crippen LogP contribution in [-0.2, 0) is 0 Å². The summed E-state index contributed by atoms with van der Waals surface area (Å²) in [5.41, 5.74) is 12.0. The molecular weight excluding hydrogens is 623 g/mol. The Morgan fingerprint density at radius 1 is 0.451 bits per heavy atom. The second kappa shape index (κ2) is 12.7. The smallest absolute Gasteiger partial charge is 0.171 e. The van der Waals surface area contributed by atoms with Crippen molar-refractivity contribution in [2.24, 2.45) is 0 Å². The first-order chi connectivity index (χ1) is 25.2. The van der Waals surface area contributed by atoms with Crippen molar-refractivity contribution in [2.45, 2.75) is 0 Å². The summed E-state index contributed by atoms with van der Waals surface area (Å²) in [6, 6.07) is 62.3. The Bertz CT molecular complexity index is 2660. The predicted octanol–water partition coefficient (Wildman–Crippen LogP) is 11.2. The van der Waals surface area contributed by atoms with Crippen LogP contribution in [0, 0.1) is 11.3 Å². The summed E-state index contributed by atoms with van der Waals surface area (Å²) in [5.74, 6) is 0.691. The number of pyridine rings is 1. The predicted molar refractivity (Wildman–Crippen MR) is 206 cm³/mol. The first-order valence-corrected chi connectivity index (χ1v) is 16.8. The van der Waals surface area contributed by atoms with Crippen LogP contribution in [0.3, 0.4) is 0 Å². The summed E-state index contributed by atoms with van der Waals surface area (Å²) < 4.78 is 1.94. The van der Waals surface area contributed by atoms with Gasteiger partial charge in [-0.3, -0.25) is 0 Å². The molecular formula is C46H29N5. The summed E-state index contributed by atoms with van der Waals surface area (Å²) >= 11 is 0. The number of hydrogen-bond donors (Lipinski definition) is 0. The zero-order chi connectivity index (χ0) is 34.1. The van der Waals surface area contributed by atoms with Crippen LogP contribution in [0.15, 0.2) is 176 Å². The maximum Gasteiger partial charge on any atom is 0.171 e. The summed E-state index contributed by atoms with van der Waals surface area (Å²) in [6.07, 6.45) is 0. The van der Waals surface area contributed by atoms with Gasteiger partial charge >= 0.3 is 0 Å². The molecule has 0 saturated heterocycles. The molecule has 9 aromatic rings. The lowest BCUT2D eigenvalue weighted by molar-refractivity contribution is 0.963. The van der Waals surface area contributed by atoms with Gasteiger partial charge in [0.2, 0.25) is 0 Å². The molecule has 0 atom stereocenters. The van der Waals surface area contributed by atoms with Crippen molar-refractivity contribution in [1.82, 2.24) is 19.6 Å². The van der Waals surface area contributed by atoms with Gasteiger partial charge in [0.1, 0.15) is 6.07 Å². The number of nitriles is 1. The van der Waals surface area contributed by atoms with Crippen LogP contribution in [-0.4, -0.2) is 19.6 Å². The fourth-order valence-corrected chi connectivity index (χ4v) is 6.79. The lowest BCUT2D eigenvalue weighted by atomic mass is 9.96. The van der Waals surface area contributed by atoms with Crippen LogP contribution in [0.5, 0.6) is 0 Å². The van der Waals surface area contributed by atoms with Crippen LogP contribution in [0.4, 0.5) is 0 Å². The standard InChI is InChI=1S/C46H29N5/c47-30-42-44(35-17-9-3-10-18-35)45-39-27-37(25-26-38(39)28-43(51(45)50-42)34-15-7-2-8-16-34)31-21-23-33(24-22-31)41-29-40(32-13-5-1-6-14-32)48-46(49-41)36-19-11-4-12-20-36/h1-29H. The lowest BCUT2D eigenvalue weighted by Gasteiger charge is -2.13. The van der Waals surface area contributed by atoms with Gasteiger partial charge in [0.25, 0.3) is 0 Å². The molecule has 3 heterocycles. The van der Waals surface area contributed by atoms with Gasteiger partial charge in [-0.05, 0) is 40.3 Å². The summed E-state index contributed by atoms with van der Waals surface area (Å²) in [4.78, 5) is 9.95. The van der Waals surface area contributed by atoms with Crippen molar-refractivity contribution in [3.05, 3.63) is 182 Å². The normalized spacial score (nSPS) is 11.1. The lowest BCUT2D eigenvalue weighted by Crippen LogP contribution is -1.96. The average molecular weight is 652 g/mol. The monoisotopic (exact) mass is 651 g/mol. The van der Waals surface area contributed by atoms with Crippen LogP contribution in [0.25, 0.3) is 83.7 Å². The first kappa shape index (κ1) is 29.9. The highest BCUT2D eigenvalue weighted by molar-refractivity contribution is 6.07. The van der Waals surface area contributed by atoms with Crippen molar-refractivity contribution in [1.29, 1.82) is 5.26 Å². The van der Waals surface area contributed by atoms with Gasteiger partial charge in [-0.2, -0.15) is 10.4 Å². The Labute approximate surface area is 295 Å². The number of benzene rings is 6. The average Bonchev–Trinajstić information content (AvgIpc) is 3.62. The Morgan fingerprint density at radius 3 is 1.57 bits per heavy atom. The Kier molecular flexibility index (Phi) is 7.46. The Hall–Kier alpha value is -7.16. The van der Waals surface area contributed by atoms with Crippen LogP contribution < -0.4 is 0 Å². The molecule has 0 aliphatic rings. The van der Waals surface area contributed by atoms with Crippen molar-refractivity contribution < 1.29 is 0 Å². The van der Waals surface area contributed by atoms with Crippen molar-refractivity contribution in [3.8, 4) is 73.5 Å². The molecule has 0 N–H and O–H groups in total. The van der Waals surface area contributed by atoms with Crippen molar-refractivity contribution >= 4 is 16.3 Å². The molecule has 0 radical (unpaired) electrons. The van der Waals surface area contributed by atoms with E-state index in [1.165, 1.54) is 0 Å². The van der Waals surface area contributed by atoms with Gasteiger partial charge in [0.15, 0.2) is 11.5 Å². The van der Waals surface area contributed by atoms with Gasteiger partial charge in [-0.1, -0.05) is 158 Å². The SMILES string of the molecule is N#Cc1nn2c(-c3ccccc3)cc3ccc(-c4ccc(-c5cc(-c6ccccc6)nc(-c6ccccc6)n5)cc4)cc3c2c1-c1ccccc1. The largest absolute Gasteiger partial charge is 0.230 e. The third kappa shape index (κ3) is 5.51. The second-order valence-electron chi connectivity index (χ2n) is 12.4. The van der Waals surface area contributed by atoms with E-state index in [9.17, 15) is 5.26 Å². The first-order valence-electron chi connectivity index (χ1n) is 16.8. The summed E-state index contributed by atoms with van der Waals surface area (Å²) in [7, 11) is 0. The van der Waals surface area contributed by atoms with Gasteiger partial charge in [0.05, 0.1) is 22.6 Å². The van der Waals surface area contributed by atoms with Gasteiger partial charge < -0.3 is 0 Å². The third-order valence-electron chi connectivity index (χ3n) is 9.29. The fraction of sp³-hybridized carbons (Fsp3) is 0. The molecule has 6 aromatic carbocycles. The molecule has 0 bridgehead atoms. The Balaban J connectivity index is 1.18. The minimum absolute atomic E-state index is 0.398. The molecule has 0 saturated carbocycles. The number of fused-ring (bicyclic) bond motifs is 3. The van der Waals surface area contributed by atoms with Crippen molar-refractivity contribution in [3.63, 3.8) is 0 Å². The third-order valence-corrected chi connectivity index (χ3v) is 9.29. The number of rotatable bonds is 6. The second-order valence-corrected chi connectivity index (χ2v) is 12.4. The molecule has 0 unspecified atom stereocenters. The molecule has 238 valence electrons. The number of nitrogens with zero attached hydrogens (tertiary/aromatic N) is 5. The fourth-order valence-electron chi connectivity index (χ4n) is 6.79. The van der Waals surface area contributed by atoms with Crippen molar-refractivity contribution in [2.75, 3.05) is 0 Å². The molecule has 0 aliphatic heterocycles. The zero-order valence-electron chi connectivity index (χ0n) is 27.5. The highest BCUT2D eigenvalue weighted by atomic mass is 15.2. The Morgan fingerprint density at radius 2 is 0.961 bits per heavy atom. The van der Waals surface area contributed by atoms with Gasteiger partial charge in [-0.15, -0.1) is 0 Å². The molecule has 0 amide bonds. The maximum atomic E-state index is 10.3. The van der Waals surface area contributed by atoms with E-state index in [-0.39, 0.29) is 0 Å². The van der Waals surface area contributed by atoms with Crippen LogP contribution in [0.2, 0.25) is 0 Å². The molecule has 0 spiro atoms. The molecule has 9 rings (SSSR count). The number of hydrogen-bond acceptors (Lipinski definition) is 4. The highest BCUT2D eigenvalue weighted by Crippen LogP contribution is 2.39. The minimum Gasteiger partial charge on any atom is -0.230 e. The number of aromatic nitrogens is 4. The van der Waals surface area contributed by atoms with E-state index in [4.69, 9.17) is 15.1 Å². The van der Waals surface area contributed by atoms with E-state index >= 15 is 0 Å². The van der Waals surface area contributed by atoms with E-state index in [2.05, 4.69) is 84.9 Å². The topological polar surface area (TPSA) is 66.9 Å².